The minimum absolute atomic E-state index is 0.857. The zero-order chi connectivity index (χ0) is 10.8. The van der Waals surface area contributed by atoms with Crippen LogP contribution in [-0.2, 0) is 5.33 Å². The van der Waals surface area contributed by atoms with Gasteiger partial charge in [-0.05, 0) is 30.4 Å². The number of anilines is 1. The van der Waals surface area contributed by atoms with Crippen molar-refractivity contribution in [2.45, 2.75) is 18.2 Å². The van der Waals surface area contributed by atoms with E-state index in [0.29, 0.717) is 0 Å². The number of hydrogen-bond donors (Lipinski definition) is 0. The summed E-state index contributed by atoms with van der Waals surface area (Å²) in [6.07, 6.45) is 2.75. The monoisotopic (exact) mass is 287 g/mol. The number of hydrogen-bond acceptors (Lipinski definition) is 1. The fraction of sp³-hybridized carbons (Fsp3) is 0.500. The first-order valence-corrected chi connectivity index (χ1v) is 6.77. The van der Waals surface area contributed by atoms with Crippen molar-refractivity contribution in [2.75, 3.05) is 18.5 Å². The summed E-state index contributed by atoms with van der Waals surface area (Å²) >= 11 is 9.75. The van der Waals surface area contributed by atoms with Gasteiger partial charge in [0.2, 0.25) is 0 Å². The highest BCUT2D eigenvalue weighted by atomic mass is 79.9. The lowest BCUT2D eigenvalue weighted by atomic mass is 10.2. The van der Waals surface area contributed by atoms with E-state index in [0.717, 1.165) is 22.8 Å². The van der Waals surface area contributed by atoms with E-state index in [1.54, 1.807) is 0 Å². The van der Waals surface area contributed by atoms with Crippen molar-refractivity contribution in [1.29, 1.82) is 0 Å². The molecule has 2 rings (SSSR count). The third-order valence-electron chi connectivity index (χ3n) is 2.83. The van der Waals surface area contributed by atoms with E-state index in [1.807, 2.05) is 12.1 Å². The van der Waals surface area contributed by atoms with Gasteiger partial charge in [0.1, 0.15) is 0 Å². The van der Waals surface area contributed by atoms with Crippen LogP contribution in [0, 0.1) is 5.92 Å². The maximum absolute atomic E-state index is 6.24. The molecule has 1 nitrogen and oxygen atoms in total. The van der Waals surface area contributed by atoms with Crippen molar-refractivity contribution in [1.82, 2.24) is 0 Å². The molecule has 0 bridgehead atoms. The van der Waals surface area contributed by atoms with Gasteiger partial charge in [0.05, 0.1) is 10.7 Å². The maximum atomic E-state index is 6.24. The zero-order valence-electron chi connectivity index (χ0n) is 8.84. The molecule has 1 aromatic carbocycles. The Kier molecular flexibility index (Phi) is 3.57. The molecule has 0 atom stereocenters. The quantitative estimate of drug-likeness (QED) is 0.755. The van der Waals surface area contributed by atoms with Crippen LogP contribution in [0.25, 0.3) is 0 Å². The number of nitrogens with zero attached hydrogens (tertiary/aromatic N) is 1. The van der Waals surface area contributed by atoms with E-state index < -0.39 is 0 Å². The molecule has 1 aliphatic rings. The molecule has 0 amide bonds. The van der Waals surface area contributed by atoms with Crippen molar-refractivity contribution in [2.24, 2.45) is 5.92 Å². The largest absolute Gasteiger partial charge is 0.373 e. The van der Waals surface area contributed by atoms with Crippen LogP contribution in [0.4, 0.5) is 5.69 Å². The lowest BCUT2D eigenvalue weighted by Gasteiger charge is -2.23. The lowest BCUT2D eigenvalue weighted by molar-refractivity contribution is 0.785. The van der Waals surface area contributed by atoms with E-state index >= 15 is 0 Å². The highest BCUT2D eigenvalue weighted by molar-refractivity contribution is 9.08. The topological polar surface area (TPSA) is 3.24 Å². The minimum atomic E-state index is 0.857. The molecule has 0 unspecified atom stereocenters. The highest BCUT2D eigenvalue weighted by Gasteiger charge is 2.24. The summed E-state index contributed by atoms with van der Waals surface area (Å²) in [7, 11) is 2.13. The maximum Gasteiger partial charge on any atom is 0.0642 e. The second kappa shape index (κ2) is 4.75. The smallest absolute Gasteiger partial charge is 0.0642 e. The number of alkyl halides is 1. The normalized spacial score (nSPS) is 15.4. The van der Waals surface area contributed by atoms with Crippen LogP contribution < -0.4 is 4.90 Å². The van der Waals surface area contributed by atoms with Crippen LogP contribution in [0.1, 0.15) is 18.4 Å². The molecular formula is C12H15BrClN. The van der Waals surface area contributed by atoms with Gasteiger partial charge < -0.3 is 4.90 Å². The van der Waals surface area contributed by atoms with Gasteiger partial charge in [-0.3, -0.25) is 0 Å². The average molecular weight is 289 g/mol. The third kappa shape index (κ3) is 2.67. The SMILES string of the molecule is CN(CC1CC1)c1c(Cl)cccc1CBr. The summed E-state index contributed by atoms with van der Waals surface area (Å²) in [5.74, 6) is 0.884. The van der Waals surface area contributed by atoms with Crippen LogP contribution >= 0.6 is 27.5 Å². The number of rotatable bonds is 4. The van der Waals surface area contributed by atoms with Gasteiger partial charge in [-0.15, -0.1) is 0 Å². The minimum Gasteiger partial charge on any atom is -0.373 e. The standard InChI is InChI=1S/C12H15BrClN/c1-15(8-9-5-6-9)12-10(7-13)3-2-4-11(12)14/h2-4,9H,5-8H2,1H3. The Hall–Kier alpha value is -0.210. The number of benzene rings is 1. The van der Waals surface area contributed by atoms with Gasteiger partial charge in [0, 0.05) is 18.9 Å². The Morgan fingerprint density at radius 2 is 2.20 bits per heavy atom. The molecule has 1 saturated carbocycles. The highest BCUT2D eigenvalue weighted by Crippen LogP contribution is 2.35. The Balaban J connectivity index is 2.22. The van der Waals surface area contributed by atoms with Gasteiger partial charge in [-0.25, -0.2) is 0 Å². The molecule has 0 spiro atoms. The molecular weight excluding hydrogens is 273 g/mol. The second-order valence-electron chi connectivity index (χ2n) is 4.21. The van der Waals surface area contributed by atoms with Crippen molar-refractivity contribution in [3.05, 3.63) is 28.8 Å². The molecule has 1 fully saturated rings. The fourth-order valence-electron chi connectivity index (χ4n) is 1.87. The Labute approximate surface area is 105 Å². The molecule has 0 saturated heterocycles. The molecule has 1 aliphatic carbocycles. The third-order valence-corrected chi connectivity index (χ3v) is 3.73. The van der Waals surface area contributed by atoms with Crippen molar-refractivity contribution < 1.29 is 0 Å². The Bertz CT molecular complexity index is 349. The molecule has 3 heteroatoms. The van der Waals surface area contributed by atoms with Gasteiger partial charge in [0.15, 0.2) is 0 Å². The molecule has 15 heavy (non-hydrogen) atoms. The van der Waals surface area contributed by atoms with Crippen LogP contribution in [0.5, 0.6) is 0 Å². The van der Waals surface area contributed by atoms with Crippen molar-refractivity contribution in [3.63, 3.8) is 0 Å². The first kappa shape index (κ1) is 11.3. The van der Waals surface area contributed by atoms with E-state index in [2.05, 4.69) is 33.9 Å². The summed E-state index contributed by atoms with van der Waals surface area (Å²) in [5, 5.41) is 1.72. The summed E-state index contributed by atoms with van der Waals surface area (Å²) in [6, 6.07) is 6.10. The van der Waals surface area contributed by atoms with E-state index in [9.17, 15) is 0 Å². The van der Waals surface area contributed by atoms with E-state index in [-0.39, 0.29) is 0 Å². The first-order chi connectivity index (χ1) is 7.22. The summed E-state index contributed by atoms with van der Waals surface area (Å²) in [4.78, 5) is 2.29. The number of para-hydroxylation sites is 1. The van der Waals surface area contributed by atoms with Crippen LogP contribution in [0.2, 0.25) is 5.02 Å². The lowest BCUT2D eigenvalue weighted by Crippen LogP contribution is -2.21. The molecule has 0 aromatic heterocycles. The van der Waals surface area contributed by atoms with E-state index in [4.69, 9.17) is 11.6 Å². The van der Waals surface area contributed by atoms with Crippen molar-refractivity contribution >= 4 is 33.2 Å². The van der Waals surface area contributed by atoms with Gasteiger partial charge in [-0.2, -0.15) is 0 Å². The summed E-state index contributed by atoms with van der Waals surface area (Å²) in [6.45, 7) is 1.13. The fourth-order valence-corrected chi connectivity index (χ4v) is 2.67. The molecule has 0 N–H and O–H groups in total. The second-order valence-corrected chi connectivity index (χ2v) is 5.17. The summed E-state index contributed by atoms with van der Waals surface area (Å²) in [5.41, 5.74) is 2.45. The first-order valence-electron chi connectivity index (χ1n) is 5.27. The van der Waals surface area contributed by atoms with Crippen LogP contribution in [-0.4, -0.2) is 13.6 Å². The van der Waals surface area contributed by atoms with Crippen LogP contribution in [0.15, 0.2) is 18.2 Å². The predicted octanol–water partition coefficient (Wildman–Crippen LogP) is 4.08. The Morgan fingerprint density at radius 3 is 2.80 bits per heavy atom. The van der Waals surface area contributed by atoms with Gasteiger partial charge >= 0.3 is 0 Å². The number of halogens is 2. The van der Waals surface area contributed by atoms with Crippen molar-refractivity contribution in [3.8, 4) is 0 Å². The Morgan fingerprint density at radius 1 is 1.47 bits per heavy atom. The summed E-state index contributed by atoms with van der Waals surface area (Å²) < 4.78 is 0. The predicted molar refractivity (Wildman–Crippen MR) is 70.1 cm³/mol. The van der Waals surface area contributed by atoms with Gasteiger partial charge in [0.25, 0.3) is 0 Å². The van der Waals surface area contributed by atoms with E-state index in [1.165, 1.54) is 24.1 Å². The van der Waals surface area contributed by atoms with Crippen LogP contribution in [0.3, 0.4) is 0 Å². The average Bonchev–Trinajstić information content (AvgIpc) is 3.00. The molecule has 82 valence electrons. The zero-order valence-corrected chi connectivity index (χ0v) is 11.2. The molecule has 0 heterocycles. The van der Waals surface area contributed by atoms with Gasteiger partial charge in [-0.1, -0.05) is 39.7 Å². The molecule has 0 radical (unpaired) electrons. The molecule has 1 aromatic rings. The molecule has 0 aliphatic heterocycles.